The highest BCUT2D eigenvalue weighted by atomic mass is 19.4. The Hall–Kier alpha value is -2.42. The van der Waals surface area contributed by atoms with Crippen molar-refractivity contribution in [2.75, 3.05) is 44.2 Å². The second-order valence-electron chi connectivity index (χ2n) is 8.67. The molecule has 0 aromatic heterocycles. The number of carbonyl (C=O) groups is 1. The van der Waals surface area contributed by atoms with E-state index in [1.807, 2.05) is 0 Å². The molecule has 1 atom stereocenters. The number of anilines is 1. The van der Waals surface area contributed by atoms with Crippen molar-refractivity contribution in [2.24, 2.45) is 0 Å². The van der Waals surface area contributed by atoms with Crippen LogP contribution < -0.4 is 4.90 Å². The van der Waals surface area contributed by atoms with E-state index in [9.17, 15) is 49.4 Å². The molecule has 1 unspecified atom stereocenters. The number of alkyl halides is 9. The second kappa shape index (κ2) is 10.5. The van der Waals surface area contributed by atoms with Crippen LogP contribution in [0.25, 0.3) is 0 Å². The van der Waals surface area contributed by atoms with Gasteiger partial charge in [0.25, 0.3) is 6.10 Å². The Labute approximate surface area is 200 Å². The minimum atomic E-state index is -5.83. The lowest BCUT2D eigenvalue weighted by molar-refractivity contribution is -0.308. The SMILES string of the molecule is O=C(OC(C(F)(F)F)C(F)(F)F)N1CCN(Cc2cc(N3CCCC3CO)cc(C(F)(F)F)c2)CC1. The summed E-state index contributed by atoms with van der Waals surface area (Å²) in [5.41, 5.74) is -0.302. The van der Waals surface area contributed by atoms with Crippen molar-refractivity contribution in [1.29, 1.82) is 0 Å². The van der Waals surface area contributed by atoms with Crippen LogP contribution in [0.4, 0.5) is 50.0 Å². The zero-order chi connectivity index (χ0) is 26.9. The molecule has 15 heteroatoms. The third-order valence-corrected chi connectivity index (χ3v) is 6.07. The Morgan fingerprint density at radius 3 is 2.08 bits per heavy atom. The molecule has 2 saturated heterocycles. The number of carbonyl (C=O) groups excluding carboxylic acids is 1. The maximum Gasteiger partial charge on any atom is 0.434 e. The van der Waals surface area contributed by atoms with Crippen LogP contribution in [0.3, 0.4) is 0 Å². The van der Waals surface area contributed by atoms with Crippen molar-refractivity contribution >= 4 is 11.8 Å². The molecular weight excluding hydrogens is 513 g/mol. The average molecular weight is 537 g/mol. The van der Waals surface area contributed by atoms with Crippen LogP contribution in [-0.2, 0) is 17.5 Å². The summed E-state index contributed by atoms with van der Waals surface area (Å²) in [6.45, 7) is -0.293. The highest BCUT2D eigenvalue weighted by molar-refractivity contribution is 5.68. The fraction of sp³-hybridized carbons (Fsp3) is 0.667. The van der Waals surface area contributed by atoms with Gasteiger partial charge in [-0.2, -0.15) is 39.5 Å². The molecule has 0 bridgehead atoms. The van der Waals surface area contributed by atoms with Crippen LogP contribution in [0.1, 0.15) is 24.0 Å². The maximum atomic E-state index is 13.5. The fourth-order valence-electron chi connectivity index (χ4n) is 4.30. The first kappa shape index (κ1) is 28.2. The number of nitrogens with zero attached hydrogens (tertiary/aromatic N) is 3. The van der Waals surface area contributed by atoms with Gasteiger partial charge in [0.05, 0.1) is 18.2 Å². The van der Waals surface area contributed by atoms with Crippen LogP contribution >= 0.6 is 0 Å². The van der Waals surface area contributed by atoms with Gasteiger partial charge in [0.1, 0.15) is 0 Å². The Morgan fingerprint density at radius 1 is 0.944 bits per heavy atom. The Kier molecular flexibility index (Phi) is 8.23. The number of rotatable bonds is 5. The van der Waals surface area contributed by atoms with Gasteiger partial charge >= 0.3 is 24.6 Å². The van der Waals surface area contributed by atoms with Crippen molar-refractivity contribution in [3.05, 3.63) is 29.3 Å². The van der Waals surface area contributed by atoms with E-state index in [1.54, 1.807) is 15.9 Å². The first-order valence-electron chi connectivity index (χ1n) is 11.0. The first-order chi connectivity index (χ1) is 16.6. The summed E-state index contributed by atoms with van der Waals surface area (Å²) in [7, 11) is 0. The quantitative estimate of drug-likeness (QED) is 0.564. The molecule has 1 N–H and O–H groups in total. The highest BCUT2D eigenvalue weighted by Gasteiger charge is 2.60. The van der Waals surface area contributed by atoms with Crippen LogP contribution in [0, 0.1) is 0 Å². The van der Waals surface area contributed by atoms with E-state index in [0.29, 0.717) is 30.0 Å². The number of hydrogen-bond acceptors (Lipinski definition) is 5. The highest BCUT2D eigenvalue weighted by Crippen LogP contribution is 2.37. The van der Waals surface area contributed by atoms with E-state index in [4.69, 9.17) is 0 Å². The first-order valence-corrected chi connectivity index (χ1v) is 11.0. The third-order valence-electron chi connectivity index (χ3n) is 6.07. The number of ether oxygens (including phenoxy) is 1. The predicted octanol–water partition coefficient (Wildman–Crippen LogP) is 4.41. The number of benzene rings is 1. The molecule has 36 heavy (non-hydrogen) atoms. The maximum absolute atomic E-state index is 13.5. The Balaban J connectivity index is 1.67. The van der Waals surface area contributed by atoms with Gasteiger partial charge in [0.15, 0.2) is 0 Å². The largest absolute Gasteiger partial charge is 0.434 e. The van der Waals surface area contributed by atoms with Gasteiger partial charge in [0, 0.05) is 45.0 Å². The number of aliphatic hydroxyl groups excluding tert-OH is 1. The van der Waals surface area contributed by atoms with E-state index >= 15 is 0 Å². The van der Waals surface area contributed by atoms with Gasteiger partial charge < -0.3 is 19.6 Å². The monoisotopic (exact) mass is 537 g/mol. The number of hydrogen-bond donors (Lipinski definition) is 1. The molecule has 204 valence electrons. The van der Waals surface area contributed by atoms with Crippen molar-refractivity contribution in [3.8, 4) is 0 Å². The molecule has 1 aromatic rings. The number of halogens is 9. The minimum Gasteiger partial charge on any atom is -0.426 e. The van der Waals surface area contributed by atoms with Gasteiger partial charge in [0.2, 0.25) is 0 Å². The van der Waals surface area contributed by atoms with Gasteiger partial charge in [-0.15, -0.1) is 0 Å². The molecule has 0 aliphatic carbocycles. The molecule has 3 rings (SSSR count). The smallest absolute Gasteiger partial charge is 0.426 e. The lowest BCUT2D eigenvalue weighted by Crippen LogP contribution is -2.52. The average Bonchev–Trinajstić information content (AvgIpc) is 3.24. The van der Waals surface area contributed by atoms with E-state index in [0.717, 1.165) is 12.1 Å². The molecule has 1 aromatic carbocycles. The van der Waals surface area contributed by atoms with Gasteiger partial charge in [-0.3, -0.25) is 4.90 Å². The van der Waals surface area contributed by atoms with E-state index in [1.165, 1.54) is 0 Å². The second-order valence-corrected chi connectivity index (χ2v) is 8.67. The van der Waals surface area contributed by atoms with Gasteiger partial charge in [-0.25, -0.2) is 4.79 Å². The standard InChI is InChI=1S/C21H24F9N3O3/c22-19(23,24)14-8-13(9-16(10-14)33-3-1-2-15(33)12-34)11-31-4-6-32(7-5-31)18(35)36-17(20(25,26)27)21(28,29)30/h8-10,15,17,34H,1-7,11-12H2. The predicted molar refractivity (Wildman–Crippen MR) is 108 cm³/mol. The summed E-state index contributed by atoms with van der Waals surface area (Å²) in [5, 5.41) is 9.53. The van der Waals surface area contributed by atoms with E-state index < -0.39 is 36.3 Å². The van der Waals surface area contributed by atoms with Gasteiger partial charge in [-0.05, 0) is 36.6 Å². The van der Waals surface area contributed by atoms with Crippen molar-refractivity contribution in [3.63, 3.8) is 0 Å². The van der Waals surface area contributed by atoms with Crippen molar-refractivity contribution in [2.45, 2.75) is 50.1 Å². The number of amides is 1. The normalized spacial score (nSPS) is 20.4. The summed E-state index contributed by atoms with van der Waals surface area (Å²) in [5.74, 6) is 0. The van der Waals surface area contributed by atoms with Crippen LogP contribution in [0.15, 0.2) is 18.2 Å². The van der Waals surface area contributed by atoms with E-state index in [2.05, 4.69) is 4.74 Å². The summed E-state index contributed by atoms with van der Waals surface area (Å²) >= 11 is 0. The summed E-state index contributed by atoms with van der Waals surface area (Å²) in [6, 6.07) is 3.21. The minimum absolute atomic E-state index is 0.00513. The molecule has 2 heterocycles. The van der Waals surface area contributed by atoms with Crippen molar-refractivity contribution in [1.82, 2.24) is 9.80 Å². The summed E-state index contributed by atoms with van der Waals surface area (Å²) in [4.78, 5) is 15.9. The number of piperazine rings is 1. The molecule has 2 fully saturated rings. The molecule has 0 saturated carbocycles. The molecular formula is C21H24F9N3O3. The molecule has 2 aliphatic heterocycles. The molecule has 6 nitrogen and oxygen atoms in total. The zero-order valence-electron chi connectivity index (χ0n) is 18.8. The molecule has 0 radical (unpaired) electrons. The summed E-state index contributed by atoms with van der Waals surface area (Å²) < 4.78 is 120. The fourth-order valence-corrected chi connectivity index (χ4v) is 4.30. The van der Waals surface area contributed by atoms with Crippen LogP contribution in [-0.4, -0.2) is 84.8 Å². The van der Waals surface area contributed by atoms with E-state index in [-0.39, 0.29) is 50.9 Å². The van der Waals surface area contributed by atoms with Crippen LogP contribution in [0.5, 0.6) is 0 Å². The van der Waals surface area contributed by atoms with Crippen LogP contribution in [0.2, 0.25) is 0 Å². The molecule has 2 aliphatic rings. The Bertz CT molecular complexity index is 899. The molecule has 1 amide bonds. The zero-order valence-corrected chi connectivity index (χ0v) is 18.8. The Morgan fingerprint density at radius 2 is 1.56 bits per heavy atom. The lowest BCUT2D eigenvalue weighted by Gasteiger charge is -2.35. The number of aliphatic hydroxyl groups is 1. The topological polar surface area (TPSA) is 56.2 Å². The third kappa shape index (κ3) is 6.87. The molecule has 0 spiro atoms. The summed E-state index contributed by atoms with van der Waals surface area (Å²) in [6.07, 6.45) is -21.0. The van der Waals surface area contributed by atoms with Crippen molar-refractivity contribution < 1.29 is 54.2 Å². The van der Waals surface area contributed by atoms with Gasteiger partial charge in [-0.1, -0.05) is 0 Å². The lowest BCUT2D eigenvalue weighted by atomic mass is 10.1.